The average molecular weight is 369 g/mol. The van der Waals surface area contributed by atoms with Crippen LogP contribution in [0.2, 0.25) is 0 Å². The minimum Gasteiger partial charge on any atom is -0.367 e. The fraction of sp³-hybridized carbons (Fsp3) is 0.214. The van der Waals surface area contributed by atoms with Crippen molar-refractivity contribution in [3.63, 3.8) is 0 Å². The Morgan fingerprint density at radius 1 is 1.33 bits per heavy atom. The van der Waals surface area contributed by atoms with Gasteiger partial charge < -0.3 is 11.1 Å². The second-order valence-electron chi connectivity index (χ2n) is 4.76. The van der Waals surface area contributed by atoms with Crippen LogP contribution in [0.1, 0.15) is 5.56 Å². The molecule has 0 saturated carbocycles. The Morgan fingerprint density at radius 2 is 2.17 bits per heavy atom. The highest BCUT2D eigenvalue weighted by atomic mass is 32.2. The lowest BCUT2D eigenvalue weighted by molar-refractivity contribution is 0.502. The van der Waals surface area contributed by atoms with Gasteiger partial charge in [0.15, 0.2) is 28.3 Å². The van der Waals surface area contributed by atoms with Crippen LogP contribution in [0.15, 0.2) is 28.2 Å². The van der Waals surface area contributed by atoms with Crippen molar-refractivity contribution in [2.75, 3.05) is 18.4 Å². The number of fused-ring (bicyclic) bond motifs is 1. The molecule has 24 heavy (non-hydrogen) atoms. The van der Waals surface area contributed by atoms with Crippen molar-refractivity contribution < 1.29 is 8.78 Å². The van der Waals surface area contributed by atoms with Gasteiger partial charge in [-0.15, -0.1) is 0 Å². The van der Waals surface area contributed by atoms with E-state index in [4.69, 9.17) is 5.73 Å². The van der Waals surface area contributed by atoms with E-state index in [1.54, 1.807) is 0 Å². The van der Waals surface area contributed by atoms with Gasteiger partial charge in [0.1, 0.15) is 4.70 Å². The maximum Gasteiger partial charge on any atom is 0.306 e. The first-order valence-electron chi connectivity index (χ1n) is 6.99. The van der Waals surface area contributed by atoms with Gasteiger partial charge in [0, 0.05) is 24.4 Å². The molecular formula is C14H13F2N5OS2. The van der Waals surface area contributed by atoms with Crippen LogP contribution in [0.3, 0.4) is 0 Å². The molecule has 3 aromatic rings. The summed E-state index contributed by atoms with van der Waals surface area (Å²) in [7, 11) is 0. The monoisotopic (exact) mass is 369 g/mol. The van der Waals surface area contributed by atoms with Gasteiger partial charge in [-0.25, -0.2) is 18.7 Å². The van der Waals surface area contributed by atoms with Gasteiger partial charge in [0.25, 0.3) is 0 Å². The molecule has 0 saturated heterocycles. The first kappa shape index (κ1) is 16.8. The van der Waals surface area contributed by atoms with E-state index in [0.717, 1.165) is 29.2 Å². The van der Waals surface area contributed by atoms with Crippen molar-refractivity contribution in [1.29, 1.82) is 0 Å². The highest BCUT2D eigenvalue weighted by Crippen LogP contribution is 2.27. The van der Waals surface area contributed by atoms with Crippen molar-refractivity contribution >= 4 is 39.3 Å². The summed E-state index contributed by atoms with van der Waals surface area (Å²) in [5.74, 6) is -1.11. The Balaban J connectivity index is 1.88. The van der Waals surface area contributed by atoms with Crippen LogP contribution in [0.5, 0.6) is 0 Å². The van der Waals surface area contributed by atoms with E-state index in [1.807, 2.05) is 0 Å². The number of hydrogen-bond acceptors (Lipinski definition) is 7. The SMILES string of the molecule is NCCNc1nc(SCc2cccc(F)c2F)nc2[nH]c(=O)sc12. The quantitative estimate of drug-likeness (QED) is 0.456. The van der Waals surface area contributed by atoms with Crippen LogP contribution in [-0.4, -0.2) is 28.0 Å². The minimum absolute atomic E-state index is 0.166. The lowest BCUT2D eigenvalue weighted by Gasteiger charge is -2.07. The van der Waals surface area contributed by atoms with Crippen LogP contribution in [-0.2, 0) is 5.75 Å². The number of nitrogens with zero attached hydrogens (tertiary/aromatic N) is 2. The molecule has 0 amide bonds. The van der Waals surface area contributed by atoms with Crippen LogP contribution < -0.4 is 15.9 Å². The Labute approximate surface area is 143 Å². The van der Waals surface area contributed by atoms with Crippen LogP contribution in [0.4, 0.5) is 14.6 Å². The largest absolute Gasteiger partial charge is 0.367 e. The number of rotatable bonds is 6. The molecule has 10 heteroatoms. The summed E-state index contributed by atoms with van der Waals surface area (Å²) >= 11 is 2.15. The first-order valence-corrected chi connectivity index (χ1v) is 8.79. The topological polar surface area (TPSA) is 96.7 Å². The number of nitrogens with two attached hydrogens (primary N) is 1. The predicted molar refractivity (Wildman–Crippen MR) is 91.5 cm³/mol. The van der Waals surface area contributed by atoms with Crippen molar-refractivity contribution in [3.8, 4) is 0 Å². The van der Waals surface area contributed by atoms with Gasteiger partial charge in [0.2, 0.25) is 0 Å². The van der Waals surface area contributed by atoms with Crippen molar-refractivity contribution in [3.05, 3.63) is 45.1 Å². The Hall–Kier alpha value is -2.04. The molecule has 1 aromatic carbocycles. The normalized spacial score (nSPS) is 11.1. The lowest BCUT2D eigenvalue weighted by atomic mass is 10.2. The van der Waals surface area contributed by atoms with E-state index >= 15 is 0 Å². The Bertz CT molecular complexity index is 927. The molecule has 0 unspecified atom stereocenters. The molecule has 0 aliphatic rings. The van der Waals surface area contributed by atoms with Crippen molar-refractivity contribution in [2.45, 2.75) is 10.9 Å². The maximum absolute atomic E-state index is 13.7. The van der Waals surface area contributed by atoms with Gasteiger partial charge in [-0.05, 0) is 6.07 Å². The van der Waals surface area contributed by atoms with Gasteiger partial charge >= 0.3 is 4.87 Å². The van der Waals surface area contributed by atoms with Gasteiger partial charge in [0.05, 0.1) is 0 Å². The molecule has 4 N–H and O–H groups in total. The van der Waals surface area contributed by atoms with Gasteiger partial charge in [-0.1, -0.05) is 35.2 Å². The van der Waals surface area contributed by atoms with E-state index in [-0.39, 0.29) is 16.2 Å². The van der Waals surface area contributed by atoms with E-state index in [1.165, 1.54) is 12.1 Å². The second-order valence-corrected chi connectivity index (χ2v) is 6.69. The number of thioether (sulfide) groups is 1. The van der Waals surface area contributed by atoms with Crippen molar-refractivity contribution in [1.82, 2.24) is 15.0 Å². The number of thiazole rings is 1. The van der Waals surface area contributed by atoms with E-state index in [9.17, 15) is 13.6 Å². The summed E-state index contributed by atoms with van der Waals surface area (Å²) in [6.45, 7) is 0.892. The Morgan fingerprint density at radius 3 is 2.96 bits per heavy atom. The molecule has 0 bridgehead atoms. The van der Waals surface area contributed by atoms with Crippen LogP contribution in [0, 0.1) is 11.6 Å². The molecule has 2 aromatic heterocycles. The number of H-pyrrole nitrogens is 1. The van der Waals surface area contributed by atoms with E-state index in [0.29, 0.717) is 34.4 Å². The number of benzene rings is 1. The molecule has 0 aliphatic carbocycles. The number of nitrogens with one attached hydrogen (secondary N) is 2. The Kier molecular flexibility index (Phi) is 5.07. The van der Waals surface area contributed by atoms with Gasteiger partial charge in [-0.3, -0.25) is 9.78 Å². The molecule has 0 atom stereocenters. The predicted octanol–water partition coefficient (Wildman–Crippen LogP) is 2.32. The number of halogens is 2. The molecule has 2 heterocycles. The number of anilines is 1. The van der Waals surface area contributed by atoms with E-state index in [2.05, 4.69) is 20.3 Å². The van der Waals surface area contributed by atoms with E-state index < -0.39 is 11.6 Å². The summed E-state index contributed by atoms with van der Waals surface area (Å²) in [6, 6.07) is 4.02. The highest BCUT2D eigenvalue weighted by Gasteiger charge is 2.13. The number of aromatic nitrogens is 3. The average Bonchev–Trinajstić information content (AvgIpc) is 2.94. The zero-order valence-electron chi connectivity index (χ0n) is 12.3. The molecule has 0 aliphatic heterocycles. The fourth-order valence-corrected chi connectivity index (χ4v) is 3.56. The number of hydrogen-bond donors (Lipinski definition) is 3. The first-order chi connectivity index (χ1) is 11.6. The highest BCUT2D eigenvalue weighted by molar-refractivity contribution is 7.98. The summed E-state index contributed by atoms with van der Waals surface area (Å²) < 4.78 is 27.6. The molecule has 0 fully saturated rings. The zero-order valence-corrected chi connectivity index (χ0v) is 13.9. The molecule has 6 nitrogen and oxygen atoms in total. The van der Waals surface area contributed by atoms with Crippen LogP contribution in [0.25, 0.3) is 10.3 Å². The zero-order chi connectivity index (χ0) is 17.1. The van der Waals surface area contributed by atoms with Gasteiger partial charge in [-0.2, -0.15) is 0 Å². The molecule has 0 radical (unpaired) electrons. The molecule has 0 spiro atoms. The third kappa shape index (κ3) is 3.55. The van der Waals surface area contributed by atoms with Crippen LogP contribution >= 0.6 is 23.1 Å². The summed E-state index contributed by atoms with van der Waals surface area (Å²) in [5, 5.41) is 3.38. The molecular weight excluding hydrogens is 356 g/mol. The summed E-state index contributed by atoms with van der Waals surface area (Å²) in [4.78, 5) is 22.5. The molecule has 3 rings (SSSR count). The number of aromatic amines is 1. The summed E-state index contributed by atoms with van der Waals surface area (Å²) in [6.07, 6.45) is 0. The standard InChI is InChI=1S/C14H13F2N5OS2/c15-8-3-1-2-7(9(8)16)6-23-13-19-11(18-5-4-17)10-12(20-13)21-14(22)24-10/h1-3H,4-6,17H2,(H2,18,19,20,21,22). The molecule has 126 valence electrons. The summed E-state index contributed by atoms with van der Waals surface area (Å²) in [5.41, 5.74) is 6.10. The third-order valence-electron chi connectivity index (χ3n) is 3.09. The second kappa shape index (κ2) is 7.24. The third-order valence-corrected chi connectivity index (χ3v) is 4.86. The minimum atomic E-state index is -0.892. The maximum atomic E-state index is 13.7. The fourth-order valence-electron chi connectivity index (χ4n) is 2.00. The lowest BCUT2D eigenvalue weighted by Crippen LogP contribution is -2.14. The van der Waals surface area contributed by atoms with Crippen molar-refractivity contribution in [2.24, 2.45) is 5.73 Å². The smallest absolute Gasteiger partial charge is 0.306 e.